The van der Waals surface area contributed by atoms with Crippen LogP contribution in [-0.2, 0) is 4.74 Å². The van der Waals surface area contributed by atoms with Gasteiger partial charge in [-0.3, -0.25) is 0 Å². The first kappa shape index (κ1) is 15.8. The highest BCUT2D eigenvalue weighted by Crippen LogP contribution is 2.40. The average molecular weight is 294 g/mol. The lowest BCUT2D eigenvalue weighted by atomic mass is 9.69. The predicted molar refractivity (Wildman–Crippen MR) is 87.6 cm³/mol. The van der Waals surface area contributed by atoms with Crippen LogP contribution in [0.5, 0.6) is 0 Å². The molecule has 0 aromatic carbocycles. The molecule has 2 aliphatic carbocycles. The fourth-order valence-corrected chi connectivity index (χ4v) is 4.48. The SMILES string of the molecule is CC1CCCC(CNC2CC2)(CN2CCCOC(C)C2)C1. The van der Waals surface area contributed by atoms with Crippen LogP contribution < -0.4 is 5.32 Å². The molecule has 3 nitrogen and oxygen atoms in total. The maximum Gasteiger partial charge on any atom is 0.0673 e. The van der Waals surface area contributed by atoms with Crippen LogP contribution in [0.4, 0.5) is 0 Å². The quantitative estimate of drug-likeness (QED) is 0.843. The Labute approximate surface area is 130 Å². The summed E-state index contributed by atoms with van der Waals surface area (Å²) < 4.78 is 5.83. The Morgan fingerprint density at radius 3 is 2.81 bits per heavy atom. The molecule has 3 heteroatoms. The first-order chi connectivity index (χ1) is 10.2. The Morgan fingerprint density at radius 2 is 2.05 bits per heavy atom. The van der Waals surface area contributed by atoms with E-state index in [1.54, 1.807) is 0 Å². The summed E-state index contributed by atoms with van der Waals surface area (Å²) in [6.07, 6.45) is 10.1. The van der Waals surface area contributed by atoms with Gasteiger partial charge in [-0.15, -0.1) is 0 Å². The summed E-state index contributed by atoms with van der Waals surface area (Å²) in [5, 5.41) is 3.85. The minimum absolute atomic E-state index is 0.405. The van der Waals surface area contributed by atoms with Gasteiger partial charge in [-0.1, -0.05) is 19.8 Å². The molecule has 0 aromatic heterocycles. The minimum atomic E-state index is 0.405. The lowest BCUT2D eigenvalue weighted by Gasteiger charge is -2.43. The molecule has 3 fully saturated rings. The van der Waals surface area contributed by atoms with Gasteiger partial charge < -0.3 is 15.0 Å². The number of nitrogens with one attached hydrogen (secondary N) is 1. The molecule has 3 aliphatic rings. The van der Waals surface area contributed by atoms with Crippen molar-refractivity contribution in [2.24, 2.45) is 11.3 Å². The summed E-state index contributed by atoms with van der Waals surface area (Å²) in [6, 6.07) is 0.838. The minimum Gasteiger partial charge on any atom is -0.377 e. The maximum atomic E-state index is 5.83. The van der Waals surface area contributed by atoms with Crippen LogP contribution in [0.3, 0.4) is 0 Å². The van der Waals surface area contributed by atoms with Crippen molar-refractivity contribution in [1.82, 2.24) is 10.2 Å². The van der Waals surface area contributed by atoms with Gasteiger partial charge in [-0.25, -0.2) is 0 Å². The molecular weight excluding hydrogens is 260 g/mol. The highest BCUT2D eigenvalue weighted by molar-refractivity contribution is 4.93. The van der Waals surface area contributed by atoms with Crippen LogP contribution in [0.1, 0.15) is 58.8 Å². The first-order valence-corrected chi connectivity index (χ1v) is 9.23. The number of hydrogen-bond acceptors (Lipinski definition) is 3. The molecular formula is C18H34N2O. The smallest absolute Gasteiger partial charge is 0.0673 e. The van der Waals surface area contributed by atoms with Gasteiger partial charge in [-0.2, -0.15) is 0 Å². The normalized spacial score (nSPS) is 39.1. The van der Waals surface area contributed by atoms with Crippen molar-refractivity contribution in [3.63, 3.8) is 0 Å². The third kappa shape index (κ3) is 4.67. The molecule has 122 valence electrons. The standard InChI is InChI=1S/C18H34N2O/c1-15-5-3-8-18(11-15,13-19-17-6-7-17)14-20-9-4-10-21-16(2)12-20/h15-17,19H,3-14H2,1-2H3. The number of nitrogens with zero attached hydrogens (tertiary/aromatic N) is 1. The van der Waals surface area contributed by atoms with E-state index in [1.165, 1.54) is 64.6 Å². The van der Waals surface area contributed by atoms with E-state index in [1.807, 2.05) is 0 Å². The Kier molecular flexibility index (Phi) is 5.23. The average Bonchev–Trinajstić information content (AvgIpc) is 3.25. The Hall–Kier alpha value is -0.120. The Morgan fingerprint density at radius 1 is 1.19 bits per heavy atom. The lowest BCUT2D eigenvalue weighted by Crippen LogP contribution is -2.48. The fourth-order valence-electron chi connectivity index (χ4n) is 4.48. The van der Waals surface area contributed by atoms with E-state index in [4.69, 9.17) is 4.74 Å². The molecule has 0 aromatic rings. The summed E-state index contributed by atoms with van der Waals surface area (Å²) in [7, 11) is 0. The van der Waals surface area contributed by atoms with E-state index in [-0.39, 0.29) is 0 Å². The van der Waals surface area contributed by atoms with Crippen molar-refractivity contribution in [3.8, 4) is 0 Å². The van der Waals surface area contributed by atoms with Crippen LogP contribution in [0.2, 0.25) is 0 Å². The van der Waals surface area contributed by atoms with Gasteiger partial charge in [0.2, 0.25) is 0 Å². The van der Waals surface area contributed by atoms with Crippen LogP contribution in [0.15, 0.2) is 0 Å². The summed E-state index contributed by atoms with van der Waals surface area (Å²) in [4.78, 5) is 2.70. The molecule has 0 amide bonds. The van der Waals surface area contributed by atoms with Gasteiger partial charge in [0.15, 0.2) is 0 Å². The maximum absolute atomic E-state index is 5.83. The fraction of sp³-hybridized carbons (Fsp3) is 1.00. The third-order valence-corrected chi connectivity index (χ3v) is 5.62. The zero-order chi connectivity index (χ0) is 14.7. The van der Waals surface area contributed by atoms with E-state index in [0.717, 1.165) is 25.1 Å². The summed E-state index contributed by atoms with van der Waals surface area (Å²) in [5.74, 6) is 0.903. The lowest BCUT2D eigenvalue weighted by molar-refractivity contribution is 0.0453. The number of hydrogen-bond donors (Lipinski definition) is 1. The predicted octanol–water partition coefficient (Wildman–Crippen LogP) is 3.05. The molecule has 3 unspecified atom stereocenters. The molecule has 0 radical (unpaired) electrons. The van der Waals surface area contributed by atoms with Crippen molar-refractivity contribution < 1.29 is 4.74 Å². The Bertz CT molecular complexity index is 331. The van der Waals surface area contributed by atoms with E-state index in [2.05, 4.69) is 24.1 Å². The van der Waals surface area contributed by atoms with Crippen molar-refractivity contribution in [2.75, 3.05) is 32.8 Å². The zero-order valence-corrected chi connectivity index (χ0v) is 14.1. The third-order valence-electron chi connectivity index (χ3n) is 5.62. The highest BCUT2D eigenvalue weighted by Gasteiger charge is 2.38. The monoisotopic (exact) mass is 294 g/mol. The Balaban J connectivity index is 1.62. The molecule has 1 aliphatic heterocycles. The van der Waals surface area contributed by atoms with Gasteiger partial charge in [-0.05, 0) is 50.4 Å². The van der Waals surface area contributed by atoms with Crippen molar-refractivity contribution in [1.29, 1.82) is 0 Å². The van der Waals surface area contributed by atoms with Gasteiger partial charge in [0.05, 0.1) is 6.10 Å². The van der Waals surface area contributed by atoms with E-state index in [9.17, 15) is 0 Å². The highest BCUT2D eigenvalue weighted by atomic mass is 16.5. The van der Waals surface area contributed by atoms with Gasteiger partial charge in [0, 0.05) is 38.8 Å². The molecule has 2 saturated carbocycles. The van der Waals surface area contributed by atoms with Crippen LogP contribution in [-0.4, -0.2) is 49.8 Å². The van der Waals surface area contributed by atoms with E-state index >= 15 is 0 Å². The first-order valence-electron chi connectivity index (χ1n) is 9.23. The van der Waals surface area contributed by atoms with E-state index in [0.29, 0.717) is 11.5 Å². The summed E-state index contributed by atoms with van der Waals surface area (Å²) >= 11 is 0. The molecule has 21 heavy (non-hydrogen) atoms. The summed E-state index contributed by atoms with van der Waals surface area (Å²) in [5.41, 5.74) is 0.518. The second-order valence-corrected chi connectivity index (χ2v) is 8.13. The molecule has 3 atom stereocenters. The van der Waals surface area contributed by atoms with Crippen molar-refractivity contribution in [3.05, 3.63) is 0 Å². The van der Waals surface area contributed by atoms with Crippen LogP contribution in [0, 0.1) is 11.3 Å². The van der Waals surface area contributed by atoms with Crippen LogP contribution in [0.25, 0.3) is 0 Å². The summed E-state index contributed by atoms with van der Waals surface area (Å²) in [6.45, 7) is 10.5. The van der Waals surface area contributed by atoms with Crippen molar-refractivity contribution >= 4 is 0 Å². The van der Waals surface area contributed by atoms with Gasteiger partial charge in [0.25, 0.3) is 0 Å². The van der Waals surface area contributed by atoms with E-state index < -0.39 is 0 Å². The molecule has 1 heterocycles. The van der Waals surface area contributed by atoms with Crippen molar-refractivity contribution in [2.45, 2.75) is 70.9 Å². The number of rotatable bonds is 5. The second kappa shape index (κ2) is 6.97. The molecule has 0 spiro atoms. The molecule has 1 N–H and O–H groups in total. The second-order valence-electron chi connectivity index (χ2n) is 8.13. The molecule has 0 bridgehead atoms. The molecule has 1 saturated heterocycles. The number of ether oxygens (including phenoxy) is 1. The van der Waals surface area contributed by atoms with Crippen LogP contribution >= 0.6 is 0 Å². The largest absolute Gasteiger partial charge is 0.377 e. The van der Waals surface area contributed by atoms with Gasteiger partial charge >= 0.3 is 0 Å². The zero-order valence-electron chi connectivity index (χ0n) is 14.1. The molecule has 3 rings (SSSR count). The van der Waals surface area contributed by atoms with Gasteiger partial charge in [0.1, 0.15) is 0 Å². The topological polar surface area (TPSA) is 24.5 Å².